The molecule has 0 atom stereocenters. The van der Waals surface area contributed by atoms with Crippen LogP contribution in [0.1, 0.15) is 15.9 Å². The highest BCUT2D eigenvalue weighted by Crippen LogP contribution is 2.30. The molecule has 0 fully saturated rings. The van der Waals surface area contributed by atoms with Gasteiger partial charge in [-0.2, -0.15) is 0 Å². The van der Waals surface area contributed by atoms with Gasteiger partial charge in [0.25, 0.3) is 5.91 Å². The molecule has 1 amide bonds. The maximum Gasteiger partial charge on any atom is 0.256 e. The highest BCUT2D eigenvalue weighted by Gasteiger charge is 2.21. The van der Waals surface area contributed by atoms with Crippen LogP contribution in [0.15, 0.2) is 77.6 Å². The molecule has 4 aromatic rings. The van der Waals surface area contributed by atoms with Gasteiger partial charge < -0.3 is 9.88 Å². The number of hydrogen-bond acceptors (Lipinski definition) is 2. The van der Waals surface area contributed by atoms with Crippen LogP contribution in [0, 0.1) is 12.7 Å². The first-order chi connectivity index (χ1) is 14.0. The lowest BCUT2D eigenvalue weighted by Gasteiger charge is -2.18. The van der Waals surface area contributed by atoms with Gasteiger partial charge in [-0.15, -0.1) is 0 Å². The number of carbonyl (C=O) groups excluding carboxylic acids is 1. The van der Waals surface area contributed by atoms with Gasteiger partial charge in [0.1, 0.15) is 11.6 Å². The summed E-state index contributed by atoms with van der Waals surface area (Å²) in [7, 11) is 1.75. The van der Waals surface area contributed by atoms with Gasteiger partial charge in [0.05, 0.1) is 11.1 Å². The first-order valence-corrected chi connectivity index (χ1v) is 9.22. The van der Waals surface area contributed by atoms with Crippen LogP contribution >= 0.6 is 0 Å². The van der Waals surface area contributed by atoms with Crippen molar-refractivity contribution in [1.82, 2.24) is 4.57 Å². The molecule has 1 heterocycles. The number of para-hydroxylation sites is 1. The third-order valence-electron chi connectivity index (χ3n) is 5.00. The van der Waals surface area contributed by atoms with E-state index in [-0.39, 0.29) is 28.3 Å². The van der Waals surface area contributed by atoms with Gasteiger partial charge in [-0.3, -0.25) is 9.59 Å². The number of nitrogens with one attached hydrogen (secondary N) is 1. The number of hydrogen-bond donors (Lipinski definition) is 1. The highest BCUT2D eigenvalue weighted by atomic mass is 19.1. The van der Waals surface area contributed by atoms with Crippen LogP contribution in [0.3, 0.4) is 0 Å². The number of rotatable bonds is 3. The first kappa shape index (κ1) is 18.6. The number of aromatic nitrogens is 1. The van der Waals surface area contributed by atoms with Crippen molar-refractivity contribution in [1.29, 1.82) is 0 Å². The second-order valence-corrected chi connectivity index (χ2v) is 6.93. The van der Waals surface area contributed by atoms with Crippen molar-refractivity contribution in [3.05, 3.63) is 100.0 Å². The lowest BCUT2D eigenvalue weighted by atomic mass is 10.0. The molecule has 29 heavy (non-hydrogen) atoms. The summed E-state index contributed by atoms with van der Waals surface area (Å²) in [5.41, 5.74) is 2.09. The Balaban J connectivity index is 1.96. The number of amides is 1. The van der Waals surface area contributed by atoms with Gasteiger partial charge in [0.15, 0.2) is 5.43 Å². The summed E-state index contributed by atoms with van der Waals surface area (Å²) in [6.45, 7) is 1.94. The summed E-state index contributed by atoms with van der Waals surface area (Å²) in [6.07, 6.45) is 0. The Morgan fingerprint density at radius 1 is 0.931 bits per heavy atom. The predicted octanol–water partition coefficient (Wildman–Crippen LogP) is 4.91. The second-order valence-electron chi connectivity index (χ2n) is 6.93. The topological polar surface area (TPSA) is 51.1 Å². The minimum atomic E-state index is -0.522. The van der Waals surface area contributed by atoms with Crippen molar-refractivity contribution in [3.8, 4) is 11.1 Å². The Hall–Kier alpha value is -3.73. The van der Waals surface area contributed by atoms with Crippen molar-refractivity contribution in [2.45, 2.75) is 6.92 Å². The third kappa shape index (κ3) is 3.31. The number of nitrogens with zero attached hydrogens (tertiary/aromatic N) is 1. The molecule has 0 spiro atoms. The largest absolute Gasteiger partial charge is 0.330 e. The average molecular weight is 386 g/mol. The molecule has 0 saturated heterocycles. The van der Waals surface area contributed by atoms with Crippen molar-refractivity contribution < 1.29 is 9.18 Å². The molecule has 5 heteroatoms. The lowest BCUT2D eigenvalue weighted by Crippen LogP contribution is -2.21. The van der Waals surface area contributed by atoms with E-state index in [1.807, 2.05) is 25.1 Å². The molecule has 3 aromatic carbocycles. The number of halogens is 1. The van der Waals surface area contributed by atoms with E-state index in [2.05, 4.69) is 5.32 Å². The van der Waals surface area contributed by atoms with Gasteiger partial charge in [-0.05, 0) is 37.3 Å². The lowest BCUT2D eigenvalue weighted by molar-refractivity contribution is 0.102. The summed E-state index contributed by atoms with van der Waals surface area (Å²) < 4.78 is 16.3. The fourth-order valence-electron chi connectivity index (χ4n) is 3.43. The van der Waals surface area contributed by atoms with E-state index in [9.17, 15) is 14.0 Å². The molecular formula is C24H19FN2O2. The SMILES string of the molecule is Cc1ccc(C(=O)Nc2c(-c3ccccc3F)c(=O)c3ccccc3n2C)cc1. The number of benzene rings is 3. The van der Waals surface area contributed by atoms with Gasteiger partial charge >= 0.3 is 0 Å². The van der Waals surface area contributed by atoms with E-state index >= 15 is 0 Å². The van der Waals surface area contributed by atoms with E-state index < -0.39 is 5.82 Å². The van der Waals surface area contributed by atoms with Crippen LogP contribution in [0.5, 0.6) is 0 Å². The Morgan fingerprint density at radius 2 is 1.59 bits per heavy atom. The third-order valence-corrected chi connectivity index (χ3v) is 5.00. The molecule has 1 aromatic heterocycles. The summed E-state index contributed by atoms with van der Waals surface area (Å²) in [6, 6.07) is 20.3. The minimum absolute atomic E-state index is 0.129. The zero-order valence-electron chi connectivity index (χ0n) is 16.1. The second kappa shape index (κ2) is 7.36. The average Bonchev–Trinajstić information content (AvgIpc) is 2.73. The molecule has 4 nitrogen and oxygen atoms in total. The van der Waals surface area contributed by atoms with Gasteiger partial charge in [0, 0.05) is 23.6 Å². The van der Waals surface area contributed by atoms with Gasteiger partial charge in [-0.1, -0.05) is 48.0 Å². The maximum atomic E-state index is 14.6. The molecule has 0 aliphatic heterocycles. The summed E-state index contributed by atoms with van der Waals surface area (Å²) >= 11 is 0. The molecular weight excluding hydrogens is 367 g/mol. The summed E-state index contributed by atoms with van der Waals surface area (Å²) in [5.74, 6) is -0.636. The Morgan fingerprint density at radius 3 is 2.31 bits per heavy atom. The van der Waals surface area contributed by atoms with E-state index in [0.29, 0.717) is 16.5 Å². The fourth-order valence-corrected chi connectivity index (χ4v) is 3.43. The number of anilines is 1. The molecule has 144 valence electrons. The molecule has 0 radical (unpaired) electrons. The molecule has 1 N–H and O–H groups in total. The van der Waals surface area contributed by atoms with Crippen LogP contribution < -0.4 is 10.7 Å². The van der Waals surface area contributed by atoms with Crippen molar-refractivity contribution >= 4 is 22.6 Å². The first-order valence-electron chi connectivity index (χ1n) is 9.22. The summed E-state index contributed by atoms with van der Waals surface area (Å²) in [5, 5.41) is 3.29. The highest BCUT2D eigenvalue weighted by molar-refractivity contribution is 6.06. The molecule has 0 aliphatic carbocycles. The monoisotopic (exact) mass is 386 g/mol. The van der Waals surface area contributed by atoms with Gasteiger partial charge in [0.2, 0.25) is 0 Å². The van der Waals surface area contributed by atoms with Crippen molar-refractivity contribution in [2.24, 2.45) is 7.05 Å². The van der Waals surface area contributed by atoms with E-state index in [1.165, 1.54) is 6.07 Å². The Labute approximate surface area is 167 Å². The number of aryl methyl sites for hydroxylation is 2. The Kier molecular flexibility index (Phi) is 4.72. The number of pyridine rings is 1. The molecule has 0 saturated carbocycles. The zero-order valence-corrected chi connectivity index (χ0v) is 16.1. The smallest absolute Gasteiger partial charge is 0.256 e. The minimum Gasteiger partial charge on any atom is -0.330 e. The van der Waals surface area contributed by atoms with Crippen LogP contribution in [0.25, 0.3) is 22.0 Å². The van der Waals surface area contributed by atoms with Crippen molar-refractivity contribution in [2.75, 3.05) is 5.32 Å². The maximum absolute atomic E-state index is 14.6. The standard InChI is InChI=1S/C24H19FN2O2/c1-15-11-13-16(14-12-15)24(29)26-23-21(17-7-3-5-9-19(17)25)22(28)18-8-4-6-10-20(18)27(23)2/h3-14H,1-2H3,(H,26,29). The quantitative estimate of drug-likeness (QED) is 0.544. The van der Waals surface area contributed by atoms with E-state index in [1.54, 1.807) is 60.1 Å². The van der Waals surface area contributed by atoms with Crippen LogP contribution in [-0.4, -0.2) is 10.5 Å². The van der Waals surface area contributed by atoms with E-state index in [4.69, 9.17) is 0 Å². The molecule has 4 rings (SSSR count). The number of fused-ring (bicyclic) bond motifs is 1. The van der Waals surface area contributed by atoms with Crippen LogP contribution in [0.4, 0.5) is 10.2 Å². The van der Waals surface area contributed by atoms with Crippen LogP contribution in [-0.2, 0) is 7.05 Å². The Bertz CT molecular complexity index is 1290. The van der Waals surface area contributed by atoms with Crippen molar-refractivity contribution in [3.63, 3.8) is 0 Å². The van der Waals surface area contributed by atoms with Crippen LogP contribution in [0.2, 0.25) is 0 Å². The predicted molar refractivity (Wildman–Crippen MR) is 114 cm³/mol. The molecule has 0 bridgehead atoms. The van der Waals surface area contributed by atoms with Gasteiger partial charge in [-0.25, -0.2) is 4.39 Å². The number of carbonyl (C=O) groups is 1. The molecule has 0 aliphatic rings. The summed E-state index contributed by atoms with van der Waals surface area (Å²) in [4.78, 5) is 26.2. The molecule has 0 unspecified atom stereocenters. The zero-order chi connectivity index (χ0) is 20.5. The normalized spacial score (nSPS) is 10.9. The fraction of sp³-hybridized carbons (Fsp3) is 0.0833. The van der Waals surface area contributed by atoms with E-state index in [0.717, 1.165) is 5.56 Å².